The van der Waals surface area contributed by atoms with E-state index in [1.807, 2.05) is 0 Å². The van der Waals surface area contributed by atoms with Gasteiger partial charge in [0.05, 0.1) is 11.0 Å². The van der Waals surface area contributed by atoms with Crippen molar-refractivity contribution in [3.63, 3.8) is 0 Å². The average molecular weight is 405 g/mol. The normalized spacial score (nSPS) is 12.1. The van der Waals surface area contributed by atoms with Gasteiger partial charge in [0, 0.05) is 17.7 Å². The Labute approximate surface area is 167 Å². The molecule has 0 aliphatic carbocycles. The fourth-order valence-electron chi connectivity index (χ4n) is 2.33. The lowest BCUT2D eigenvalue weighted by Crippen LogP contribution is -2.51. The number of carbonyl (C=O) groups is 2. The molecule has 29 heavy (non-hydrogen) atoms. The molecule has 2 rings (SSSR count). The molecule has 4 N–H and O–H groups in total. The van der Waals surface area contributed by atoms with E-state index in [9.17, 15) is 24.8 Å². The monoisotopic (exact) mass is 405 g/mol. The second-order valence-corrected chi connectivity index (χ2v) is 5.91. The highest BCUT2D eigenvalue weighted by molar-refractivity contribution is 5.97. The quantitative estimate of drug-likeness (QED) is 0.297. The van der Waals surface area contributed by atoms with Crippen LogP contribution in [0.4, 0.5) is 5.69 Å². The van der Waals surface area contributed by atoms with Crippen LogP contribution in [0.3, 0.4) is 0 Å². The van der Waals surface area contributed by atoms with E-state index in [4.69, 9.17) is 9.94 Å². The van der Waals surface area contributed by atoms with E-state index in [0.717, 1.165) is 0 Å². The van der Waals surface area contributed by atoms with Gasteiger partial charge in [-0.15, -0.1) is 0 Å². The van der Waals surface area contributed by atoms with Crippen molar-refractivity contribution in [3.8, 4) is 5.75 Å². The van der Waals surface area contributed by atoms with Crippen LogP contribution in [0.2, 0.25) is 0 Å². The number of nitro groups is 1. The Bertz CT molecular complexity index is 853. The number of benzene rings is 2. The first-order chi connectivity index (χ1) is 13.3. The van der Waals surface area contributed by atoms with E-state index in [1.54, 1.807) is 12.1 Å². The summed E-state index contributed by atoms with van der Waals surface area (Å²) in [5.74, 6) is -1.14. The lowest BCUT2D eigenvalue weighted by molar-refractivity contribution is -0.384. The molecule has 0 heterocycles. The largest absolute Gasteiger partial charge is 0.489 e. The summed E-state index contributed by atoms with van der Waals surface area (Å²) in [4.78, 5) is 33.9. The zero-order chi connectivity index (χ0) is 20.7. The third kappa shape index (κ3) is 6.55. The van der Waals surface area contributed by atoms with Gasteiger partial charge in [0.15, 0.2) is 0 Å². The van der Waals surface area contributed by atoms with Gasteiger partial charge in [0.25, 0.3) is 17.5 Å². The summed E-state index contributed by atoms with van der Waals surface area (Å²) in [6.45, 7) is 1.40. The Balaban J connectivity index is 0.00000420. The van der Waals surface area contributed by atoms with Gasteiger partial charge in [0.1, 0.15) is 18.4 Å². The molecule has 0 bridgehead atoms. The van der Waals surface area contributed by atoms with E-state index < -0.39 is 28.9 Å². The fraction of sp³-hybridized carbons (Fsp3) is 0.263. The number of hydrogen-bond acceptors (Lipinski definition) is 7. The average Bonchev–Trinajstić information content (AvgIpc) is 2.70. The predicted molar refractivity (Wildman–Crippen MR) is 103 cm³/mol. The van der Waals surface area contributed by atoms with E-state index in [-0.39, 0.29) is 25.3 Å². The highest BCUT2D eigenvalue weighted by Crippen LogP contribution is 2.17. The number of ether oxygens (including phenoxy) is 1. The van der Waals surface area contributed by atoms with Gasteiger partial charge in [-0.3, -0.25) is 24.9 Å². The smallest absolute Gasteiger partial charge is 0.269 e. The van der Waals surface area contributed by atoms with Crippen LogP contribution in [0.25, 0.3) is 0 Å². The second-order valence-electron chi connectivity index (χ2n) is 5.91. The summed E-state index contributed by atoms with van der Waals surface area (Å²) in [7, 11) is 0. The van der Waals surface area contributed by atoms with Gasteiger partial charge in [0.2, 0.25) is 0 Å². The summed E-state index contributed by atoms with van der Waals surface area (Å²) in [5.41, 5.74) is 2.17. The maximum atomic E-state index is 12.2. The van der Waals surface area contributed by atoms with Crippen molar-refractivity contribution >= 4 is 17.5 Å². The number of rotatable bonds is 8. The summed E-state index contributed by atoms with van der Waals surface area (Å²) in [6.07, 6.45) is -1.21. The van der Waals surface area contributed by atoms with Gasteiger partial charge in [-0.05, 0) is 36.8 Å². The van der Waals surface area contributed by atoms with Crippen molar-refractivity contribution in [2.45, 2.75) is 33.1 Å². The van der Waals surface area contributed by atoms with Crippen molar-refractivity contribution in [3.05, 3.63) is 69.8 Å². The Hall–Kier alpha value is -3.50. The van der Waals surface area contributed by atoms with Crippen LogP contribution >= 0.6 is 0 Å². The highest BCUT2D eigenvalue weighted by Gasteiger charge is 2.25. The molecule has 0 aromatic heterocycles. The number of hydroxylamine groups is 1. The van der Waals surface area contributed by atoms with Crippen LogP contribution in [-0.4, -0.2) is 39.2 Å². The maximum absolute atomic E-state index is 12.2. The van der Waals surface area contributed by atoms with Gasteiger partial charge in [-0.25, -0.2) is 5.48 Å². The lowest BCUT2D eigenvalue weighted by Gasteiger charge is -2.19. The molecule has 156 valence electrons. The first kappa shape index (κ1) is 23.5. The maximum Gasteiger partial charge on any atom is 0.269 e. The molecule has 2 atom stereocenters. The minimum absolute atomic E-state index is 0. The molecule has 2 amide bonds. The minimum Gasteiger partial charge on any atom is -0.489 e. The molecule has 0 aliphatic rings. The molecule has 0 aliphatic heterocycles. The van der Waals surface area contributed by atoms with Crippen molar-refractivity contribution in [2.24, 2.45) is 0 Å². The van der Waals surface area contributed by atoms with Crippen molar-refractivity contribution in [1.82, 2.24) is 10.8 Å². The number of nitro benzene ring substituents is 1. The number of aliphatic hydroxyl groups is 1. The Morgan fingerprint density at radius 2 is 1.86 bits per heavy atom. The van der Waals surface area contributed by atoms with Crippen molar-refractivity contribution in [2.75, 3.05) is 0 Å². The summed E-state index contributed by atoms with van der Waals surface area (Å²) in [5, 5.41) is 31.3. The first-order valence-electron chi connectivity index (χ1n) is 8.21. The van der Waals surface area contributed by atoms with E-state index in [0.29, 0.717) is 11.3 Å². The SMILES string of the molecule is C.C[C@@H](O)[C@H](NC(=O)c1ccc(OCc2cccc([N+](=O)[O-])c2)cc1)C(=O)NO. The van der Waals surface area contributed by atoms with Crippen molar-refractivity contribution in [1.29, 1.82) is 0 Å². The standard InChI is InChI=1S/C18H19N3O7.CH4/c1-11(22)16(18(24)20-25)19-17(23)13-5-7-15(8-6-13)28-10-12-3-2-4-14(9-12)21(26)27;/h2-9,11,16,22,25H,10H2,1H3,(H,19,23)(H,20,24);1H4/t11-,16+;/m1./s1. The molecule has 0 radical (unpaired) electrons. The Morgan fingerprint density at radius 1 is 1.21 bits per heavy atom. The number of nitrogens with one attached hydrogen (secondary N) is 2. The van der Waals surface area contributed by atoms with Gasteiger partial charge >= 0.3 is 0 Å². The van der Waals surface area contributed by atoms with Gasteiger partial charge in [-0.2, -0.15) is 0 Å². The number of nitrogens with zero attached hydrogens (tertiary/aromatic N) is 1. The van der Waals surface area contributed by atoms with E-state index >= 15 is 0 Å². The minimum atomic E-state index is -1.32. The van der Waals surface area contributed by atoms with Crippen LogP contribution < -0.4 is 15.5 Å². The summed E-state index contributed by atoms with van der Waals surface area (Å²) < 4.78 is 5.54. The third-order valence-corrected chi connectivity index (χ3v) is 3.81. The van der Waals surface area contributed by atoms with Gasteiger partial charge < -0.3 is 15.2 Å². The summed E-state index contributed by atoms with van der Waals surface area (Å²) >= 11 is 0. The zero-order valence-corrected chi connectivity index (χ0v) is 14.9. The molecule has 10 heteroatoms. The van der Waals surface area contributed by atoms with Crippen LogP contribution in [0.5, 0.6) is 5.75 Å². The highest BCUT2D eigenvalue weighted by atomic mass is 16.6. The molecular formula is C19H23N3O7. The molecule has 0 fully saturated rings. The molecule has 0 spiro atoms. The molecule has 0 saturated carbocycles. The molecule has 2 aromatic carbocycles. The number of hydrogen-bond donors (Lipinski definition) is 4. The lowest BCUT2D eigenvalue weighted by atomic mass is 10.1. The van der Waals surface area contributed by atoms with E-state index in [1.165, 1.54) is 48.8 Å². The number of carbonyl (C=O) groups excluding carboxylic acids is 2. The number of aliphatic hydroxyl groups excluding tert-OH is 1. The van der Waals surface area contributed by atoms with Crippen LogP contribution in [0.15, 0.2) is 48.5 Å². The molecule has 10 nitrogen and oxygen atoms in total. The Kier molecular flexibility index (Phi) is 8.71. The van der Waals surface area contributed by atoms with Crippen molar-refractivity contribution < 1.29 is 29.6 Å². The van der Waals surface area contributed by atoms with E-state index in [2.05, 4.69) is 5.32 Å². The van der Waals surface area contributed by atoms with Crippen LogP contribution in [0, 0.1) is 10.1 Å². The topological polar surface area (TPSA) is 151 Å². The molecule has 2 aromatic rings. The molecular weight excluding hydrogens is 382 g/mol. The number of amides is 2. The molecule has 0 unspecified atom stereocenters. The Morgan fingerprint density at radius 3 is 2.41 bits per heavy atom. The first-order valence-corrected chi connectivity index (χ1v) is 8.21. The third-order valence-electron chi connectivity index (χ3n) is 3.81. The van der Waals surface area contributed by atoms with Gasteiger partial charge in [-0.1, -0.05) is 19.6 Å². The second kappa shape index (κ2) is 10.7. The zero-order valence-electron chi connectivity index (χ0n) is 14.9. The fourth-order valence-corrected chi connectivity index (χ4v) is 2.33. The van der Waals surface area contributed by atoms with Crippen LogP contribution in [-0.2, 0) is 11.4 Å². The summed E-state index contributed by atoms with van der Waals surface area (Å²) in [6, 6.07) is 10.7. The predicted octanol–water partition coefficient (Wildman–Crippen LogP) is 1.79. The van der Waals surface area contributed by atoms with Crippen LogP contribution in [0.1, 0.15) is 30.3 Å². The molecule has 0 saturated heterocycles. The number of non-ortho nitro benzene ring substituents is 1.